The van der Waals surface area contributed by atoms with E-state index in [9.17, 15) is 19.8 Å². The van der Waals surface area contributed by atoms with Gasteiger partial charge in [-0.25, -0.2) is 9.59 Å². The number of fused-ring (bicyclic) bond motifs is 1. The molecule has 3 rings (SSSR count). The molecule has 0 spiro atoms. The highest BCUT2D eigenvalue weighted by molar-refractivity contribution is 6.30. The number of hydrogen-bond acceptors (Lipinski definition) is 3. The lowest BCUT2D eigenvalue weighted by atomic mass is 9.86. The molecule has 0 aliphatic rings. The minimum absolute atomic E-state index is 0.106. The average molecular weight is 413 g/mol. The van der Waals surface area contributed by atoms with Gasteiger partial charge >= 0.3 is 11.9 Å². The number of aliphatic carboxylic acids is 1. The number of aromatic carboxylic acids is 1. The van der Waals surface area contributed by atoms with Gasteiger partial charge in [0.2, 0.25) is 0 Å². The Labute approximate surface area is 173 Å². The third kappa shape index (κ3) is 4.42. The largest absolute Gasteiger partial charge is 0.479 e. The average Bonchev–Trinajstić information content (AvgIpc) is 2.64. The van der Waals surface area contributed by atoms with Crippen molar-refractivity contribution in [2.24, 2.45) is 0 Å². The van der Waals surface area contributed by atoms with Gasteiger partial charge in [0.1, 0.15) is 0 Å². The van der Waals surface area contributed by atoms with Crippen LogP contribution in [0, 0.1) is 0 Å². The van der Waals surface area contributed by atoms with Gasteiger partial charge in [-0.15, -0.1) is 0 Å². The molecule has 0 saturated carbocycles. The van der Waals surface area contributed by atoms with Gasteiger partial charge in [-0.05, 0) is 60.9 Å². The molecule has 3 aromatic carbocycles. The van der Waals surface area contributed by atoms with Crippen molar-refractivity contribution in [3.05, 3.63) is 70.7 Å². The van der Waals surface area contributed by atoms with Gasteiger partial charge in [0.05, 0.1) is 11.2 Å². The summed E-state index contributed by atoms with van der Waals surface area (Å²) in [6.45, 7) is 5.19. The van der Waals surface area contributed by atoms with Crippen molar-refractivity contribution in [2.75, 3.05) is 0 Å². The Hall–Kier alpha value is -2.89. The van der Waals surface area contributed by atoms with E-state index in [0.717, 1.165) is 5.39 Å². The number of ether oxygens (including phenoxy) is 1. The summed E-state index contributed by atoms with van der Waals surface area (Å²) in [5.41, 5.74) is 0.370. The fourth-order valence-corrected chi connectivity index (χ4v) is 3.45. The van der Waals surface area contributed by atoms with Crippen LogP contribution in [0.2, 0.25) is 5.02 Å². The van der Waals surface area contributed by atoms with Crippen LogP contribution in [0.3, 0.4) is 0 Å². The topological polar surface area (TPSA) is 83.8 Å². The first-order valence-corrected chi connectivity index (χ1v) is 9.42. The Balaban J connectivity index is 2.46. The predicted molar refractivity (Wildman–Crippen MR) is 113 cm³/mol. The van der Waals surface area contributed by atoms with Crippen molar-refractivity contribution in [1.82, 2.24) is 0 Å². The fourth-order valence-electron chi connectivity index (χ4n) is 3.33. The molecule has 2 N–H and O–H groups in total. The van der Waals surface area contributed by atoms with Crippen LogP contribution in [0.25, 0.3) is 21.9 Å². The first-order valence-electron chi connectivity index (χ1n) is 9.04. The van der Waals surface area contributed by atoms with Crippen LogP contribution >= 0.6 is 11.6 Å². The quantitative estimate of drug-likeness (QED) is 0.553. The number of carbonyl (C=O) groups is 2. The summed E-state index contributed by atoms with van der Waals surface area (Å²) in [4.78, 5) is 24.3. The highest BCUT2D eigenvalue weighted by atomic mass is 35.5. The van der Waals surface area contributed by atoms with Crippen LogP contribution in [0.4, 0.5) is 0 Å². The van der Waals surface area contributed by atoms with Gasteiger partial charge in [0, 0.05) is 10.6 Å². The Bertz CT molecular complexity index is 1080. The number of carboxylic acids is 2. The Morgan fingerprint density at radius 1 is 1.00 bits per heavy atom. The van der Waals surface area contributed by atoms with Gasteiger partial charge in [-0.1, -0.05) is 48.0 Å². The predicted octanol–water partition coefficient (Wildman–Crippen LogP) is 5.80. The molecular weight excluding hydrogens is 392 g/mol. The van der Waals surface area contributed by atoms with E-state index in [1.807, 2.05) is 12.1 Å². The Morgan fingerprint density at radius 3 is 2.17 bits per heavy atom. The van der Waals surface area contributed by atoms with Crippen LogP contribution in [-0.2, 0) is 9.53 Å². The van der Waals surface area contributed by atoms with Crippen LogP contribution < -0.4 is 0 Å². The molecule has 150 valence electrons. The van der Waals surface area contributed by atoms with E-state index in [2.05, 4.69) is 0 Å². The van der Waals surface area contributed by atoms with E-state index in [1.165, 1.54) is 6.07 Å². The van der Waals surface area contributed by atoms with Crippen molar-refractivity contribution < 1.29 is 24.5 Å². The van der Waals surface area contributed by atoms with Crippen LogP contribution in [-0.4, -0.2) is 27.8 Å². The van der Waals surface area contributed by atoms with Crippen LogP contribution in [0.1, 0.15) is 42.8 Å². The van der Waals surface area contributed by atoms with Gasteiger partial charge in [0.15, 0.2) is 6.10 Å². The third-order valence-corrected chi connectivity index (χ3v) is 4.66. The van der Waals surface area contributed by atoms with Gasteiger partial charge in [-0.2, -0.15) is 0 Å². The van der Waals surface area contributed by atoms with Crippen LogP contribution in [0.15, 0.2) is 54.6 Å². The minimum Gasteiger partial charge on any atom is -0.479 e. The second-order valence-electron chi connectivity index (χ2n) is 7.69. The van der Waals surface area contributed by atoms with Crippen molar-refractivity contribution in [2.45, 2.75) is 32.5 Å². The second-order valence-corrected chi connectivity index (χ2v) is 8.13. The molecule has 0 heterocycles. The zero-order valence-electron chi connectivity index (χ0n) is 16.3. The molecule has 0 amide bonds. The summed E-state index contributed by atoms with van der Waals surface area (Å²) in [7, 11) is 0. The van der Waals surface area contributed by atoms with Crippen molar-refractivity contribution in [3.63, 3.8) is 0 Å². The van der Waals surface area contributed by atoms with Gasteiger partial charge < -0.3 is 14.9 Å². The molecule has 0 saturated heterocycles. The minimum atomic E-state index is -1.46. The molecule has 3 aromatic rings. The monoisotopic (exact) mass is 412 g/mol. The number of benzene rings is 3. The fraction of sp³-hybridized carbons (Fsp3) is 0.217. The summed E-state index contributed by atoms with van der Waals surface area (Å²) in [5.74, 6) is -2.47. The second kappa shape index (κ2) is 7.85. The normalized spacial score (nSPS) is 12.7. The van der Waals surface area contributed by atoms with Crippen molar-refractivity contribution >= 4 is 34.3 Å². The lowest BCUT2D eigenvalue weighted by Gasteiger charge is -2.28. The molecule has 0 aromatic heterocycles. The Morgan fingerprint density at radius 2 is 1.62 bits per heavy atom. The molecule has 1 atom stereocenters. The number of halogens is 1. The van der Waals surface area contributed by atoms with E-state index in [-0.39, 0.29) is 11.1 Å². The molecule has 0 aliphatic heterocycles. The SMILES string of the molecule is CC(C)(C)OC(C(=O)O)c1c(C(=O)O)cc2ccccc2c1-c1ccc(Cl)cc1. The van der Waals surface area contributed by atoms with Gasteiger partial charge in [-0.3, -0.25) is 0 Å². The lowest BCUT2D eigenvalue weighted by Crippen LogP contribution is -2.29. The summed E-state index contributed by atoms with van der Waals surface area (Å²) in [5, 5.41) is 21.8. The smallest absolute Gasteiger partial charge is 0.337 e. The third-order valence-electron chi connectivity index (χ3n) is 4.41. The van der Waals surface area contributed by atoms with Crippen molar-refractivity contribution in [3.8, 4) is 11.1 Å². The molecule has 0 fully saturated rings. The summed E-state index contributed by atoms with van der Waals surface area (Å²) in [6, 6.07) is 15.6. The maximum atomic E-state index is 12.2. The maximum Gasteiger partial charge on any atom is 0.337 e. The van der Waals surface area contributed by atoms with E-state index in [1.54, 1.807) is 57.2 Å². The standard InChI is InChI=1S/C23H21ClO5/c1-23(2,3)29-20(22(27)28)19-17(21(25)26)12-14-6-4-5-7-16(14)18(19)13-8-10-15(24)11-9-13/h4-12,20H,1-3H3,(H,25,26)(H,27,28). The lowest BCUT2D eigenvalue weighted by molar-refractivity contribution is -0.160. The zero-order chi connectivity index (χ0) is 21.3. The molecule has 6 heteroatoms. The number of hydrogen-bond donors (Lipinski definition) is 2. The van der Waals surface area contributed by atoms with E-state index >= 15 is 0 Å². The molecule has 5 nitrogen and oxygen atoms in total. The zero-order valence-corrected chi connectivity index (χ0v) is 17.0. The highest BCUT2D eigenvalue weighted by Crippen LogP contribution is 2.41. The molecular formula is C23H21ClO5. The molecule has 0 aliphatic carbocycles. The molecule has 29 heavy (non-hydrogen) atoms. The molecule has 1 unspecified atom stereocenters. The molecule has 0 radical (unpaired) electrons. The van der Waals surface area contributed by atoms with Gasteiger partial charge in [0.25, 0.3) is 0 Å². The summed E-state index contributed by atoms with van der Waals surface area (Å²) < 4.78 is 5.82. The number of rotatable bonds is 5. The first-order chi connectivity index (χ1) is 13.6. The Kier molecular flexibility index (Phi) is 5.64. The maximum absolute atomic E-state index is 12.2. The van der Waals surface area contributed by atoms with Crippen LogP contribution in [0.5, 0.6) is 0 Å². The summed E-state index contributed by atoms with van der Waals surface area (Å²) in [6.07, 6.45) is -1.46. The van der Waals surface area contributed by atoms with Crippen molar-refractivity contribution in [1.29, 1.82) is 0 Å². The van der Waals surface area contributed by atoms with E-state index in [0.29, 0.717) is 21.5 Å². The first kappa shape index (κ1) is 20.8. The van der Waals surface area contributed by atoms with E-state index in [4.69, 9.17) is 16.3 Å². The summed E-state index contributed by atoms with van der Waals surface area (Å²) >= 11 is 6.03. The van der Waals surface area contributed by atoms with E-state index < -0.39 is 23.6 Å². The molecule has 0 bridgehead atoms. The number of carboxylic acid groups (broad SMARTS) is 2. The highest BCUT2D eigenvalue weighted by Gasteiger charge is 2.34.